The summed E-state index contributed by atoms with van der Waals surface area (Å²) in [6.07, 6.45) is 1.01. The van der Waals surface area contributed by atoms with Crippen molar-refractivity contribution in [1.29, 1.82) is 0 Å². The third-order valence-corrected chi connectivity index (χ3v) is 6.06. The van der Waals surface area contributed by atoms with Gasteiger partial charge < -0.3 is 10.0 Å². The number of carbonyl (C=O) groups excluding carboxylic acids is 2. The van der Waals surface area contributed by atoms with E-state index in [9.17, 15) is 18.8 Å². The molecule has 2 amide bonds. The molecule has 7 nitrogen and oxygen atoms in total. The first kappa shape index (κ1) is 18.9. The maximum atomic E-state index is 14.9. The molecule has 1 aromatic rings. The number of amides is 2. The predicted octanol–water partition coefficient (Wildman–Crippen LogP) is 1.07. The average molecular weight is 389 g/mol. The van der Waals surface area contributed by atoms with E-state index in [-0.39, 0.29) is 36.9 Å². The number of nitrogens with zero attached hydrogens (tertiary/aromatic N) is 2. The van der Waals surface area contributed by atoms with Crippen molar-refractivity contribution in [1.82, 2.24) is 10.2 Å². The summed E-state index contributed by atoms with van der Waals surface area (Å²) < 4.78 is 14.9. The largest absolute Gasteiger partial charge is 0.480 e. The zero-order valence-electron chi connectivity index (χ0n) is 15.6. The lowest BCUT2D eigenvalue weighted by Crippen LogP contribution is -2.53. The van der Waals surface area contributed by atoms with Crippen molar-refractivity contribution >= 4 is 23.5 Å². The minimum atomic E-state index is -1.13. The van der Waals surface area contributed by atoms with Crippen LogP contribution in [0.25, 0.3) is 0 Å². The molecule has 3 aliphatic heterocycles. The third-order valence-electron chi connectivity index (χ3n) is 6.06. The Bertz CT molecular complexity index is 815. The monoisotopic (exact) mass is 389 g/mol. The summed E-state index contributed by atoms with van der Waals surface area (Å²) >= 11 is 0. The van der Waals surface area contributed by atoms with E-state index in [1.165, 1.54) is 0 Å². The Balaban J connectivity index is 1.53. The number of piperidine rings is 2. The minimum absolute atomic E-state index is 0.121. The van der Waals surface area contributed by atoms with E-state index < -0.39 is 12.1 Å². The topological polar surface area (TPSA) is 89.9 Å². The number of hydrogen-bond donors (Lipinski definition) is 2. The molecule has 0 saturated carbocycles. The van der Waals surface area contributed by atoms with E-state index >= 15 is 0 Å². The summed E-state index contributed by atoms with van der Waals surface area (Å²) in [5.41, 5.74) is 2.96. The summed E-state index contributed by atoms with van der Waals surface area (Å²) in [4.78, 5) is 38.4. The Labute approximate surface area is 162 Å². The van der Waals surface area contributed by atoms with Gasteiger partial charge in [-0.15, -0.1) is 0 Å². The van der Waals surface area contributed by atoms with Crippen LogP contribution in [0.4, 0.5) is 10.1 Å². The number of anilines is 1. The molecule has 0 unspecified atom stereocenters. The zero-order chi connectivity index (χ0) is 19.8. The molecule has 0 bridgehead atoms. The number of carboxylic acids is 1. The highest BCUT2D eigenvalue weighted by Crippen LogP contribution is 2.39. The van der Waals surface area contributed by atoms with Crippen LogP contribution in [0.15, 0.2) is 18.2 Å². The molecule has 0 aromatic heterocycles. The van der Waals surface area contributed by atoms with Crippen molar-refractivity contribution in [3.63, 3.8) is 0 Å². The van der Waals surface area contributed by atoms with Gasteiger partial charge in [0.25, 0.3) is 0 Å². The van der Waals surface area contributed by atoms with E-state index in [1.54, 1.807) is 4.90 Å². The van der Waals surface area contributed by atoms with Gasteiger partial charge in [0.2, 0.25) is 11.8 Å². The molecule has 3 atom stereocenters. The Morgan fingerprint density at radius 3 is 2.75 bits per heavy atom. The average Bonchev–Trinajstić information content (AvgIpc) is 3.05. The number of benzene rings is 1. The molecule has 3 heterocycles. The summed E-state index contributed by atoms with van der Waals surface area (Å²) in [5, 5.41) is 11.3. The number of hydrogen-bond acceptors (Lipinski definition) is 5. The quantitative estimate of drug-likeness (QED) is 0.749. The van der Waals surface area contributed by atoms with Crippen molar-refractivity contribution in [3.8, 4) is 0 Å². The second kappa shape index (κ2) is 7.50. The van der Waals surface area contributed by atoms with Crippen LogP contribution in [0, 0.1) is 0 Å². The van der Waals surface area contributed by atoms with Crippen LogP contribution in [-0.2, 0) is 20.8 Å². The number of carbonyl (C=O) groups is 3. The van der Waals surface area contributed by atoms with Crippen LogP contribution in [0.1, 0.15) is 36.3 Å². The number of aliphatic carboxylic acids is 1. The van der Waals surface area contributed by atoms with Crippen LogP contribution < -0.4 is 10.2 Å². The van der Waals surface area contributed by atoms with Crippen LogP contribution in [-0.4, -0.2) is 66.2 Å². The normalized spacial score (nSPS) is 28.2. The van der Waals surface area contributed by atoms with Gasteiger partial charge >= 0.3 is 5.97 Å². The lowest BCUT2D eigenvalue weighted by Gasteiger charge is -2.40. The fraction of sp³-hybridized carbons (Fsp3) is 0.550. The molecular formula is C20H24FN3O4. The second-order valence-electron chi connectivity index (χ2n) is 7.79. The summed E-state index contributed by atoms with van der Waals surface area (Å²) in [6, 6.07) is 5.50. The first-order valence-corrected chi connectivity index (χ1v) is 9.74. The van der Waals surface area contributed by atoms with Gasteiger partial charge in [0.05, 0.1) is 18.5 Å². The lowest BCUT2D eigenvalue weighted by molar-refractivity contribution is -0.139. The van der Waals surface area contributed by atoms with Crippen LogP contribution in [0.2, 0.25) is 0 Å². The number of carboxylic acid groups (broad SMARTS) is 1. The van der Waals surface area contributed by atoms with Crippen LogP contribution in [0.5, 0.6) is 0 Å². The Morgan fingerprint density at radius 2 is 2.04 bits per heavy atom. The zero-order valence-corrected chi connectivity index (χ0v) is 15.6. The molecule has 3 aliphatic rings. The molecule has 150 valence electrons. The van der Waals surface area contributed by atoms with E-state index in [1.807, 2.05) is 18.2 Å². The van der Waals surface area contributed by atoms with Gasteiger partial charge in [-0.3, -0.25) is 24.6 Å². The van der Waals surface area contributed by atoms with Gasteiger partial charge in [0, 0.05) is 31.7 Å². The molecule has 4 rings (SSSR count). The smallest absolute Gasteiger partial charge is 0.317 e. The molecule has 0 aliphatic carbocycles. The minimum Gasteiger partial charge on any atom is -0.480 e. The van der Waals surface area contributed by atoms with Crippen molar-refractivity contribution in [3.05, 3.63) is 29.3 Å². The van der Waals surface area contributed by atoms with Gasteiger partial charge in [0.1, 0.15) is 6.17 Å². The standard InChI is InChI=1S/C20H24FN3O4/c21-15-10-23(11-19(26)27)8-7-17(15)24-9-6-13-12(2-1-3-16(13)24)14-4-5-18(25)22-20(14)28/h1-3,14-15,17H,4-11H2,(H,26,27)(H,22,25,28)/t14-,15-,17-/m1/s1. The van der Waals surface area contributed by atoms with Crippen molar-refractivity contribution < 1.29 is 23.9 Å². The summed E-state index contributed by atoms with van der Waals surface area (Å²) in [7, 11) is 0. The fourth-order valence-electron chi connectivity index (χ4n) is 4.79. The van der Waals surface area contributed by atoms with E-state index in [0.717, 1.165) is 23.2 Å². The number of likely N-dealkylation sites (tertiary alicyclic amines) is 1. The molecule has 2 saturated heterocycles. The summed E-state index contributed by atoms with van der Waals surface area (Å²) in [6.45, 7) is 1.22. The van der Waals surface area contributed by atoms with Gasteiger partial charge in [0.15, 0.2) is 0 Å². The van der Waals surface area contributed by atoms with E-state index in [0.29, 0.717) is 32.4 Å². The molecule has 28 heavy (non-hydrogen) atoms. The number of imide groups is 1. The van der Waals surface area contributed by atoms with Gasteiger partial charge in [-0.1, -0.05) is 12.1 Å². The van der Waals surface area contributed by atoms with E-state index in [4.69, 9.17) is 5.11 Å². The number of halogens is 1. The first-order valence-electron chi connectivity index (χ1n) is 9.74. The number of nitrogens with one attached hydrogen (secondary N) is 1. The molecular weight excluding hydrogens is 365 g/mol. The van der Waals surface area contributed by atoms with Gasteiger partial charge in [-0.25, -0.2) is 4.39 Å². The van der Waals surface area contributed by atoms with Gasteiger partial charge in [-0.2, -0.15) is 0 Å². The molecule has 0 spiro atoms. The number of alkyl halides is 1. The SMILES string of the molecule is O=C(O)CN1CC[C@@H](N2CCc3c([C@H]4CCC(=O)NC4=O)cccc32)[C@H](F)C1. The highest BCUT2D eigenvalue weighted by molar-refractivity contribution is 6.01. The van der Waals surface area contributed by atoms with Crippen molar-refractivity contribution in [2.75, 3.05) is 31.1 Å². The second-order valence-corrected chi connectivity index (χ2v) is 7.79. The maximum absolute atomic E-state index is 14.9. The lowest BCUT2D eigenvalue weighted by atomic mass is 9.86. The Morgan fingerprint density at radius 1 is 1.21 bits per heavy atom. The fourth-order valence-corrected chi connectivity index (χ4v) is 4.79. The Kier molecular flexibility index (Phi) is 5.05. The van der Waals surface area contributed by atoms with Crippen molar-refractivity contribution in [2.24, 2.45) is 0 Å². The van der Waals surface area contributed by atoms with Crippen LogP contribution >= 0.6 is 0 Å². The van der Waals surface area contributed by atoms with Crippen LogP contribution in [0.3, 0.4) is 0 Å². The summed E-state index contributed by atoms with van der Waals surface area (Å²) in [5.74, 6) is -1.77. The van der Waals surface area contributed by atoms with Gasteiger partial charge in [-0.05, 0) is 36.5 Å². The number of rotatable bonds is 4. The predicted molar refractivity (Wildman–Crippen MR) is 100.0 cm³/mol. The van der Waals surface area contributed by atoms with Crippen molar-refractivity contribution in [2.45, 2.75) is 43.8 Å². The maximum Gasteiger partial charge on any atom is 0.317 e. The molecule has 2 fully saturated rings. The highest BCUT2D eigenvalue weighted by atomic mass is 19.1. The highest BCUT2D eigenvalue weighted by Gasteiger charge is 2.38. The molecule has 0 radical (unpaired) electrons. The Hall–Kier alpha value is -2.48. The molecule has 1 aromatic carbocycles. The first-order chi connectivity index (χ1) is 13.4. The molecule has 2 N–H and O–H groups in total. The van der Waals surface area contributed by atoms with E-state index in [2.05, 4.69) is 10.2 Å². The third kappa shape index (κ3) is 3.48. The number of fused-ring (bicyclic) bond motifs is 1. The molecule has 8 heteroatoms.